The summed E-state index contributed by atoms with van der Waals surface area (Å²) in [6.45, 7) is 0.861. The first-order chi connectivity index (χ1) is 7.59. The van der Waals surface area contributed by atoms with Crippen LogP contribution in [0.25, 0.3) is 0 Å². The summed E-state index contributed by atoms with van der Waals surface area (Å²) in [6.07, 6.45) is 1.88. The van der Waals surface area contributed by atoms with Crippen LogP contribution in [0.2, 0.25) is 0 Å². The highest BCUT2D eigenvalue weighted by Gasteiger charge is 2.24. The smallest absolute Gasteiger partial charge is 0.314 e. The van der Waals surface area contributed by atoms with Crippen molar-refractivity contribution in [3.05, 3.63) is 27.8 Å². The molecule has 0 spiro atoms. The van der Waals surface area contributed by atoms with Gasteiger partial charge in [0, 0.05) is 12.1 Å². The Hall–Kier alpha value is -1.82. The summed E-state index contributed by atoms with van der Waals surface area (Å²) in [6, 6.07) is 2.69. The van der Waals surface area contributed by atoms with Gasteiger partial charge in [-0.2, -0.15) is 0 Å². The fourth-order valence-corrected chi connectivity index (χ4v) is 1.93. The number of nitrogens with zero attached hydrogens (tertiary/aromatic N) is 1. The highest BCUT2D eigenvalue weighted by atomic mass is 16.6. The van der Waals surface area contributed by atoms with Crippen molar-refractivity contribution < 1.29 is 15.1 Å². The standard InChI is InChI=1S/C10H12N2O4/c13-9-5-6(7-2-1-3-11-7)4-8(10(9)14)12(15)16/h4-5,7,11,13-14H,1-3H2/t7-/m0/s1. The topological polar surface area (TPSA) is 95.6 Å². The van der Waals surface area contributed by atoms with Crippen molar-refractivity contribution >= 4 is 5.69 Å². The molecule has 1 heterocycles. The minimum absolute atomic E-state index is 0.0187. The first kappa shape index (κ1) is 10.7. The van der Waals surface area contributed by atoms with Crippen molar-refractivity contribution in [3.63, 3.8) is 0 Å². The number of phenols is 2. The predicted molar refractivity (Wildman–Crippen MR) is 56.4 cm³/mol. The van der Waals surface area contributed by atoms with Crippen LogP contribution in [0.4, 0.5) is 5.69 Å². The summed E-state index contributed by atoms with van der Waals surface area (Å²) in [5.41, 5.74) is 0.184. The Kier molecular flexibility index (Phi) is 2.66. The first-order valence-electron chi connectivity index (χ1n) is 5.03. The van der Waals surface area contributed by atoms with Gasteiger partial charge < -0.3 is 15.5 Å². The quantitative estimate of drug-likeness (QED) is 0.401. The highest BCUT2D eigenvalue weighted by molar-refractivity contribution is 5.57. The lowest BCUT2D eigenvalue weighted by Crippen LogP contribution is -2.12. The fourth-order valence-electron chi connectivity index (χ4n) is 1.93. The molecule has 1 aromatic rings. The second kappa shape index (κ2) is 3.97. The third-order valence-corrected chi connectivity index (χ3v) is 2.75. The van der Waals surface area contributed by atoms with E-state index in [1.807, 2.05) is 0 Å². The summed E-state index contributed by atoms with van der Waals surface area (Å²) in [5, 5.41) is 32.6. The monoisotopic (exact) mass is 224 g/mol. The molecule has 1 aliphatic heterocycles. The van der Waals surface area contributed by atoms with E-state index < -0.39 is 22.1 Å². The molecular weight excluding hydrogens is 212 g/mol. The zero-order valence-corrected chi connectivity index (χ0v) is 8.51. The maximum absolute atomic E-state index is 10.7. The van der Waals surface area contributed by atoms with E-state index in [1.54, 1.807) is 0 Å². The van der Waals surface area contributed by atoms with Gasteiger partial charge >= 0.3 is 5.69 Å². The Bertz CT molecular complexity index is 427. The van der Waals surface area contributed by atoms with Gasteiger partial charge in [-0.15, -0.1) is 0 Å². The lowest BCUT2D eigenvalue weighted by Gasteiger charge is -2.11. The van der Waals surface area contributed by atoms with Crippen LogP contribution >= 0.6 is 0 Å². The van der Waals surface area contributed by atoms with Crippen LogP contribution in [-0.2, 0) is 0 Å². The van der Waals surface area contributed by atoms with Gasteiger partial charge in [-0.05, 0) is 31.0 Å². The van der Waals surface area contributed by atoms with E-state index in [1.165, 1.54) is 12.1 Å². The number of benzene rings is 1. The normalized spacial score (nSPS) is 19.9. The van der Waals surface area contributed by atoms with E-state index in [2.05, 4.69) is 5.32 Å². The van der Waals surface area contributed by atoms with Gasteiger partial charge in [-0.1, -0.05) is 0 Å². The SMILES string of the molecule is O=[N+]([O-])c1cc([C@@H]2CCCN2)cc(O)c1O. The molecule has 6 nitrogen and oxygen atoms in total. The van der Waals surface area contributed by atoms with Crippen molar-refractivity contribution in [2.75, 3.05) is 6.54 Å². The molecule has 3 N–H and O–H groups in total. The molecule has 0 amide bonds. The van der Waals surface area contributed by atoms with E-state index in [0.717, 1.165) is 19.4 Å². The van der Waals surface area contributed by atoms with E-state index in [9.17, 15) is 20.3 Å². The van der Waals surface area contributed by atoms with Gasteiger partial charge in [0.1, 0.15) is 0 Å². The molecule has 1 fully saturated rings. The minimum Gasteiger partial charge on any atom is -0.504 e. The molecule has 0 aliphatic carbocycles. The van der Waals surface area contributed by atoms with Crippen molar-refractivity contribution in [1.29, 1.82) is 0 Å². The predicted octanol–water partition coefficient (Wildman–Crippen LogP) is 1.43. The number of nitrogens with one attached hydrogen (secondary N) is 1. The molecule has 1 saturated heterocycles. The molecule has 6 heteroatoms. The van der Waals surface area contributed by atoms with Crippen molar-refractivity contribution in [2.45, 2.75) is 18.9 Å². The molecule has 86 valence electrons. The number of phenolic OH excluding ortho intramolecular Hbond substituents is 2. The summed E-state index contributed by atoms with van der Waals surface area (Å²) in [4.78, 5) is 9.95. The molecule has 2 rings (SSSR count). The van der Waals surface area contributed by atoms with Crippen LogP contribution in [0.3, 0.4) is 0 Å². The van der Waals surface area contributed by atoms with E-state index in [-0.39, 0.29) is 6.04 Å². The Balaban J connectivity index is 2.43. The van der Waals surface area contributed by atoms with Gasteiger partial charge in [0.2, 0.25) is 5.75 Å². The van der Waals surface area contributed by atoms with Crippen LogP contribution in [0.5, 0.6) is 11.5 Å². The molecular formula is C10H12N2O4. The molecule has 0 radical (unpaired) electrons. The Morgan fingerprint density at radius 3 is 2.75 bits per heavy atom. The molecule has 16 heavy (non-hydrogen) atoms. The van der Waals surface area contributed by atoms with Crippen molar-refractivity contribution in [2.24, 2.45) is 0 Å². The molecule has 0 saturated carbocycles. The fraction of sp³-hybridized carbons (Fsp3) is 0.400. The largest absolute Gasteiger partial charge is 0.504 e. The zero-order chi connectivity index (χ0) is 11.7. The summed E-state index contributed by atoms with van der Waals surface area (Å²) in [7, 11) is 0. The van der Waals surface area contributed by atoms with Gasteiger partial charge in [0.25, 0.3) is 0 Å². The average Bonchev–Trinajstić information content (AvgIpc) is 2.74. The highest BCUT2D eigenvalue weighted by Crippen LogP contribution is 2.39. The maximum atomic E-state index is 10.7. The molecule has 1 atom stereocenters. The van der Waals surface area contributed by atoms with Gasteiger partial charge in [-0.25, -0.2) is 0 Å². The van der Waals surface area contributed by atoms with Crippen molar-refractivity contribution in [1.82, 2.24) is 5.32 Å². The third-order valence-electron chi connectivity index (χ3n) is 2.75. The average molecular weight is 224 g/mol. The van der Waals surface area contributed by atoms with Crippen LogP contribution in [0, 0.1) is 10.1 Å². The maximum Gasteiger partial charge on any atom is 0.314 e. The summed E-state index contributed by atoms with van der Waals surface area (Å²) in [5.74, 6) is -1.12. The van der Waals surface area contributed by atoms with E-state index >= 15 is 0 Å². The second-order valence-electron chi connectivity index (χ2n) is 3.81. The van der Waals surface area contributed by atoms with Crippen molar-refractivity contribution in [3.8, 4) is 11.5 Å². The molecule has 0 aromatic heterocycles. The summed E-state index contributed by atoms with van der Waals surface area (Å²) < 4.78 is 0. The molecule has 1 aliphatic rings. The second-order valence-corrected chi connectivity index (χ2v) is 3.81. The van der Waals surface area contributed by atoms with Gasteiger partial charge in [0.05, 0.1) is 4.92 Å². The van der Waals surface area contributed by atoms with E-state index in [4.69, 9.17) is 0 Å². The number of nitro benzene ring substituents is 1. The Labute approximate surface area is 91.7 Å². The molecule has 1 aromatic carbocycles. The van der Waals surface area contributed by atoms with Crippen LogP contribution in [0.1, 0.15) is 24.4 Å². The number of nitro groups is 1. The number of hydrogen-bond donors (Lipinski definition) is 3. The van der Waals surface area contributed by atoms with Gasteiger partial charge in [-0.3, -0.25) is 10.1 Å². The van der Waals surface area contributed by atoms with Crippen LogP contribution in [-0.4, -0.2) is 21.7 Å². The number of hydrogen-bond acceptors (Lipinski definition) is 5. The van der Waals surface area contributed by atoms with Gasteiger partial charge in [0.15, 0.2) is 5.75 Å². The Morgan fingerprint density at radius 2 is 2.19 bits per heavy atom. The molecule has 0 bridgehead atoms. The van der Waals surface area contributed by atoms with E-state index in [0.29, 0.717) is 5.56 Å². The van der Waals surface area contributed by atoms with Crippen LogP contribution in [0.15, 0.2) is 12.1 Å². The lowest BCUT2D eigenvalue weighted by atomic mass is 10.0. The number of rotatable bonds is 2. The summed E-state index contributed by atoms with van der Waals surface area (Å²) >= 11 is 0. The zero-order valence-electron chi connectivity index (χ0n) is 8.51. The lowest BCUT2D eigenvalue weighted by molar-refractivity contribution is -0.386. The molecule has 0 unspecified atom stereocenters. The number of aromatic hydroxyl groups is 2. The van der Waals surface area contributed by atoms with Crippen LogP contribution < -0.4 is 5.32 Å². The minimum atomic E-state index is -0.701. The first-order valence-corrected chi connectivity index (χ1v) is 5.03. The third kappa shape index (κ3) is 1.79. The Morgan fingerprint density at radius 1 is 1.44 bits per heavy atom.